The Morgan fingerprint density at radius 2 is 1.79 bits per heavy atom. The van der Waals surface area contributed by atoms with Crippen molar-refractivity contribution < 1.29 is 19.1 Å². The van der Waals surface area contributed by atoms with Crippen LogP contribution in [0.5, 0.6) is 0 Å². The van der Waals surface area contributed by atoms with Crippen LogP contribution in [0.2, 0.25) is 0 Å². The summed E-state index contributed by atoms with van der Waals surface area (Å²) in [5.41, 5.74) is -0.667. The highest BCUT2D eigenvalue weighted by molar-refractivity contribution is 5.71. The Balaban J connectivity index is 2.50. The lowest BCUT2D eigenvalue weighted by atomic mass is 9.82. The lowest BCUT2D eigenvalue weighted by Gasteiger charge is -2.28. The number of carbonyl (C=O) groups is 2. The molecule has 0 radical (unpaired) electrons. The van der Waals surface area contributed by atoms with Crippen LogP contribution in [-0.4, -0.2) is 31.3 Å². The first kappa shape index (κ1) is 15.8. The minimum Gasteiger partial charge on any atom is -0.469 e. The van der Waals surface area contributed by atoms with Gasteiger partial charge in [-0.2, -0.15) is 0 Å². The first-order valence-electron chi connectivity index (χ1n) is 6.80. The van der Waals surface area contributed by atoms with E-state index in [-0.39, 0.29) is 11.4 Å². The molecule has 1 aliphatic rings. The largest absolute Gasteiger partial charge is 0.469 e. The average Bonchev–Trinajstić information content (AvgIpc) is 2.73. The smallest absolute Gasteiger partial charge is 0.407 e. The van der Waals surface area contributed by atoms with Crippen LogP contribution in [0, 0.1) is 5.41 Å². The number of hydrogen-bond acceptors (Lipinski definition) is 4. The third-order valence-corrected chi connectivity index (χ3v) is 3.42. The minimum atomic E-state index is -0.505. The number of ether oxygens (including phenoxy) is 2. The Kier molecular flexibility index (Phi) is 5.20. The zero-order valence-electron chi connectivity index (χ0n) is 12.4. The fourth-order valence-electron chi connectivity index (χ4n) is 2.49. The van der Waals surface area contributed by atoms with Gasteiger partial charge in [0.05, 0.1) is 13.5 Å². The molecule has 1 rings (SSSR count). The van der Waals surface area contributed by atoms with Crippen LogP contribution in [0.3, 0.4) is 0 Å². The van der Waals surface area contributed by atoms with E-state index in [1.165, 1.54) is 7.11 Å². The number of carbonyl (C=O) groups excluding carboxylic acids is 2. The Morgan fingerprint density at radius 3 is 2.26 bits per heavy atom. The summed E-state index contributed by atoms with van der Waals surface area (Å²) >= 11 is 0. The molecule has 1 N–H and O–H groups in total. The maximum atomic E-state index is 11.7. The van der Waals surface area contributed by atoms with E-state index in [0.717, 1.165) is 25.7 Å². The van der Waals surface area contributed by atoms with Crippen molar-refractivity contribution in [3.63, 3.8) is 0 Å². The number of hydrogen-bond donors (Lipinski definition) is 1. The molecule has 0 atom stereocenters. The molecule has 0 spiro atoms. The van der Waals surface area contributed by atoms with Gasteiger partial charge in [-0.1, -0.05) is 12.8 Å². The van der Waals surface area contributed by atoms with Gasteiger partial charge in [0.15, 0.2) is 0 Å². The summed E-state index contributed by atoms with van der Waals surface area (Å²) in [6.45, 7) is 5.95. The van der Waals surface area contributed by atoms with E-state index in [1.54, 1.807) is 0 Å². The predicted molar refractivity (Wildman–Crippen MR) is 71.8 cm³/mol. The van der Waals surface area contributed by atoms with E-state index in [2.05, 4.69) is 5.32 Å². The first-order valence-corrected chi connectivity index (χ1v) is 6.80. The van der Waals surface area contributed by atoms with E-state index < -0.39 is 11.7 Å². The number of rotatable bonds is 4. The average molecular weight is 271 g/mol. The lowest BCUT2D eigenvalue weighted by Crippen LogP contribution is -2.40. The number of esters is 1. The minimum absolute atomic E-state index is 0.163. The molecule has 0 heterocycles. The number of amides is 1. The summed E-state index contributed by atoms with van der Waals surface area (Å²) < 4.78 is 9.95. The van der Waals surface area contributed by atoms with Crippen molar-refractivity contribution in [1.29, 1.82) is 0 Å². The van der Waals surface area contributed by atoms with Gasteiger partial charge >= 0.3 is 12.1 Å². The summed E-state index contributed by atoms with van der Waals surface area (Å²) in [6, 6.07) is 0. The van der Waals surface area contributed by atoms with E-state index in [9.17, 15) is 9.59 Å². The molecule has 110 valence electrons. The van der Waals surface area contributed by atoms with Gasteiger partial charge in [-0.3, -0.25) is 4.79 Å². The summed E-state index contributed by atoms with van der Waals surface area (Å²) in [5, 5.41) is 2.78. The summed E-state index contributed by atoms with van der Waals surface area (Å²) in [6.07, 6.45) is 4.00. The third kappa shape index (κ3) is 5.49. The monoisotopic (exact) mass is 271 g/mol. The molecule has 0 aromatic carbocycles. The first-order chi connectivity index (χ1) is 8.76. The van der Waals surface area contributed by atoms with Crippen LogP contribution < -0.4 is 5.32 Å². The molecule has 1 fully saturated rings. The second kappa shape index (κ2) is 6.26. The molecule has 0 saturated heterocycles. The Morgan fingerprint density at radius 1 is 1.21 bits per heavy atom. The van der Waals surface area contributed by atoms with Crippen molar-refractivity contribution in [1.82, 2.24) is 5.32 Å². The van der Waals surface area contributed by atoms with E-state index in [4.69, 9.17) is 9.47 Å². The molecule has 0 aromatic rings. The summed E-state index contributed by atoms with van der Waals surface area (Å²) in [7, 11) is 1.40. The maximum Gasteiger partial charge on any atom is 0.407 e. The van der Waals surface area contributed by atoms with Crippen molar-refractivity contribution in [3.05, 3.63) is 0 Å². The van der Waals surface area contributed by atoms with E-state index >= 15 is 0 Å². The number of nitrogens with one attached hydrogen (secondary N) is 1. The topological polar surface area (TPSA) is 64.6 Å². The zero-order valence-corrected chi connectivity index (χ0v) is 12.4. The number of methoxy groups -OCH3 is 1. The van der Waals surface area contributed by atoms with Gasteiger partial charge in [0.2, 0.25) is 0 Å². The molecule has 0 aromatic heterocycles. The maximum absolute atomic E-state index is 11.7. The van der Waals surface area contributed by atoms with Gasteiger partial charge in [-0.25, -0.2) is 4.79 Å². The molecule has 0 aliphatic heterocycles. The second-order valence-corrected chi connectivity index (χ2v) is 6.32. The normalized spacial score (nSPS) is 17.9. The molecule has 1 aliphatic carbocycles. The van der Waals surface area contributed by atoms with Gasteiger partial charge < -0.3 is 14.8 Å². The fraction of sp³-hybridized carbons (Fsp3) is 0.857. The van der Waals surface area contributed by atoms with E-state index in [1.807, 2.05) is 20.8 Å². The summed E-state index contributed by atoms with van der Waals surface area (Å²) in [4.78, 5) is 23.1. The Bertz CT molecular complexity index is 327. The van der Waals surface area contributed by atoms with Crippen LogP contribution in [0.4, 0.5) is 4.79 Å². The molecule has 0 unspecified atom stereocenters. The molecule has 19 heavy (non-hydrogen) atoms. The SMILES string of the molecule is COC(=O)CC1(CNC(=O)OC(C)(C)C)CCCC1. The van der Waals surface area contributed by atoms with Crippen LogP contribution >= 0.6 is 0 Å². The van der Waals surface area contributed by atoms with Crippen molar-refractivity contribution in [3.8, 4) is 0 Å². The molecule has 0 bridgehead atoms. The van der Waals surface area contributed by atoms with Gasteiger partial charge in [-0.05, 0) is 39.0 Å². The van der Waals surface area contributed by atoms with E-state index in [0.29, 0.717) is 13.0 Å². The lowest BCUT2D eigenvalue weighted by molar-refractivity contribution is -0.143. The molecular formula is C14H25NO4. The van der Waals surface area contributed by atoms with Gasteiger partial charge in [0.1, 0.15) is 5.60 Å². The Labute approximate surface area is 115 Å². The van der Waals surface area contributed by atoms with Gasteiger partial charge in [0.25, 0.3) is 0 Å². The van der Waals surface area contributed by atoms with Gasteiger partial charge in [0, 0.05) is 6.54 Å². The zero-order chi connectivity index (χ0) is 14.5. The van der Waals surface area contributed by atoms with Gasteiger partial charge in [-0.15, -0.1) is 0 Å². The van der Waals surface area contributed by atoms with Crippen LogP contribution in [0.1, 0.15) is 52.9 Å². The van der Waals surface area contributed by atoms with Crippen molar-refractivity contribution in [2.24, 2.45) is 5.41 Å². The fourth-order valence-corrected chi connectivity index (χ4v) is 2.49. The molecular weight excluding hydrogens is 246 g/mol. The molecule has 1 saturated carbocycles. The third-order valence-electron chi connectivity index (χ3n) is 3.42. The standard InChI is InChI=1S/C14H25NO4/c1-13(2,3)19-12(17)15-10-14(7-5-6-8-14)9-11(16)18-4/h5-10H2,1-4H3,(H,15,17). The highest BCUT2D eigenvalue weighted by Crippen LogP contribution is 2.40. The highest BCUT2D eigenvalue weighted by Gasteiger charge is 2.37. The van der Waals surface area contributed by atoms with Crippen molar-refractivity contribution in [2.45, 2.75) is 58.5 Å². The second-order valence-electron chi connectivity index (χ2n) is 6.32. The predicted octanol–water partition coefficient (Wildman–Crippen LogP) is 2.63. The van der Waals surface area contributed by atoms with Crippen LogP contribution in [-0.2, 0) is 14.3 Å². The van der Waals surface area contributed by atoms with Crippen molar-refractivity contribution in [2.75, 3.05) is 13.7 Å². The summed E-state index contributed by atoms with van der Waals surface area (Å²) in [5.74, 6) is -0.215. The molecule has 1 amide bonds. The van der Waals surface area contributed by atoms with Crippen LogP contribution in [0.25, 0.3) is 0 Å². The highest BCUT2D eigenvalue weighted by atomic mass is 16.6. The molecule has 5 heteroatoms. The quantitative estimate of drug-likeness (QED) is 0.798. The number of alkyl carbamates (subject to hydrolysis) is 1. The van der Waals surface area contributed by atoms with Crippen molar-refractivity contribution >= 4 is 12.1 Å². The van der Waals surface area contributed by atoms with Crippen LogP contribution in [0.15, 0.2) is 0 Å². The Hall–Kier alpha value is -1.26. The molecule has 5 nitrogen and oxygen atoms in total.